The lowest BCUT2D eigenvalue weighted by Crippen LogP contribution is -2.64. The molecule has 2 heterocycles. The Morgan fingerprint density at radius 3 is 2.16 bits per heavy atom. The van der Waals surface area contributed by atoms with Crippen LogP contribution in [-0.2, 0) is 4.79 Å². The van der Waals surface area contributed by atoms with E-state index in [0.717, 1.165) is 13.0 Å². The SMILES string of the molecule is C[C@@H]1C(=O)CCN(C2CC(C)(C)NC(C)(C)C2)[C@H]1C. The van der Waals surface area contributed by atoms with Crippen LogP contribution in [0.25, 0.3) is 0 Å². The van der Waals surface area contributed by atoms with Crippen LogP contribution in [-0.4, -0.2) is 40.4 Å². The first-order valence-electron chi connectivity index (χ1n) is 7.69. The average molecular weight is 266 g/mol. The molecule has 0 unspecified atom stereocenters. The van der Waals surface area contributed by atoms with Crippen LogP contribution in [0.5, 0.6) is 0 Å². The number of piperidine rings is 2. The number of nitrogens with one attached hydrogen (secondary N) is 1. The molecule has 0 spiro atoms. The van der Waals surface area contributed by atoms with Crippen LogP contribution in [0.3, 0.4) is 0 Å². The minimum absolute atomic E-state index is 0.177. The molecule has 0 radical (unpaired) electrons. The van der Waals surface area contributed by atoms with Crippen LogP contribution in [0.2, 0.25) is 0 Å². The largest absolute Gasteiger partial charge is 0.307 e. The Labute approximate surface area is 118 Å². The normalized spacial score (nSPS) is 36.4. The van der Waals surface area contributed by atoms with Crippen molar-refractivity contribution in [1.29, 1.82) is 0 Å². The van der Waals surface area contributed by atoms with Crippen LogP contribution in [0.1, 0.15) is 60.8 Å². The standard InChI is InChI=1S/C16H30N2O/c1-11-12(2)18(8-7-14(11)19)13-9-15(3,4)17-16(5,6)10-13/h11-13,17H,7-10H2,1-6H3/t11-,12-/m0/s1. The Morgan fingerprint density at radius 1 is 1.11 bits per heavy atom. The molecule has 19 heavy (non-hydrogen) atoms. The van der Waals surface area contributed by atoms with Crippen molar-refractivity contribution >= 4 is 5.78 Å². The Hall–Kier alpha value is -0.410. The molecule has 3 heteroatoms. The number of ketones is 1. The van der Waals surface area contributed by atoms with Crippen molar-refractivity contribution in [3.05, 3.63) is 0 Å². The van der Waals surface area contributed by atoms with E-state index in [9.17, 15) is 4.79 Å². The van der Waals surface area contributed by atoms with Crippen molar-refractivity contribution in [2.24, 2.45) is 5.92 Å². The summed E-state index contributed by atoms with van der Waals surface area (Å²) in [6, 6.07) is 0.979. The smallest absolute Gasteiger partial charge is 0.138 e. The maximum Gasteiger partial charge on any atom is 0.138 e. The summed E-state index contributed by atoms with van der Waals surface area (Å²) in [5.74, 6) is 0.631. The van der Waals surface area contributed by atoms with E-state index < -0.39 is 0 Å². The lowest BCUT2D eigenvalue weighted by Gasteiger charge is -2.52. The molecule has 2 aliphatic rings. The number of hydrogen-bond acceptors (Lipinski definition) is 3. The maximum atomic E-state index is 11.8. The Kier molecular flexibility index (Phi) is 3.83. The van der Waals surface area contributed by atoms with Crippen LogP contribution in [0, 0.1) is 5.92 Å². The molecule has 2 atom stereocenters. The summed E-state index contributed by atoms with van der Waals surface area (Å²) in [7, 11) is 0. The number of rotatable bonds is 1. The molecule has 0 amide bonds. The van der Waals surface area contributed by atoms with E-state index in [4.69, 9.17) is 0 Å². The molecule has 2 aliphatic heterocycles. The van der Waals surface area contributed by atoms with Crippen molar-refractivity contribution in [1.82, 2.24) is 10.2 Å². The Bertz CT molecular complexity index is 346. The van der Waals surface area contributed by atoms with Gasteiger partial charge in [0.25, 0.3) is 0 Å². The fourth-order valence-electron chi connectivity index (χ4n) is 4.24. The second kappa shape index (κ2) is 4.85. The van der Waals surface area contributed by atoms with Gasteiger partial charge in [-0.3, -0.25) is 9.69 Å². The van der Waals surface area contributed by atoms with Crippen molar-refractivity contribution < 1.29 is 4.79 Å². The third kappa shape index (κ3) is 3.19. The first kappa shape index (κ1) is 15.0. The molecular weight excluding hydrogens is 236 g/mol. The number of carbonyl (C=O) groups is 1. The van der Waals surface area contributed by atoms with Gasteiger partial charge in [-0.15, -0.1) is 0 Å². The molecule has 3 nitrogen and oxygen atoms in total. The summed E-state index contributed by atoms with van der Waals surface area (Å²) in [5, 5.41) is 3.74. The minimum atomic E-state index is 0.177. The number of carbonyl (C=O) groups excluding carboxylic acids is 1. The summed E-state index contributed by atoms with van der Waals surface area (Å²) < 4.78 is 0. The van der Waals surface area contributed by atoms with Crippen molar-refractivity contribution in [2.45, 2.75) is 84.0 Å². The van der Waals surface area contributed by atoms with E-state index >= 15 is 0 Å². The third-order valence-corrected chi connectivity index (χ3v) is 5.01. The van der Waals surface area contributed by atoms with Gasteiger partial charge in [0.05, 0.1) is 0 Å². The summed E-state index contributed by atoms with van der Waals surface area (Å²) in [6.45, 7) is 14.4. The number of likely N-dealkylation sites (tertiary alicyclic amines) is 1. The van der Waals surface area contributed by atoms with Gasteiger partial charge in [-0.2, -0.15) is 0 Å². The lowest BCUT2D eigenvalue weighted by molar-refractivity contribution is -0.129. The van der Waals surface area contributed by atoms with Crippen LogP contribution in [0.4, 0.5) is 0 Å². The van der Waals surface area contributed by atoms with E-state index in [1.807, 2.05) is 0 Å². The van der Waals surface area contributed by atoms with E-state index in [-0.39, 0.29) is 17.0 Å². The van der Waals surface area contributed by atoms with Crippen LogP contribution >= 0.6 is 0 Å². The molecule has 0 aromatic rings. The molecular formula is C16H30N2O. The molecule has 2 saturated heterocycles. The Morgan fingerprint density at radius 2 is 1.63 bits per heavy atom. The topological polar surface area (TPSA) is 32.3 Å². The molecule has 0 bridgehead atoms. The van der Waals surface area contributed by atoms with Gasteiger partial charge in [0.15, 0.2) is 0 Å². The number of Topliss-reactive ketones (excluding diaryl/α,β-unsaturated/α-hetero) is 1. The predicted octanol–water partition coefficient (Wildman–Crippen LogP) is 2.60. The van der Waals surface area contributed by atoms with Crippen molar-refractivity contribution in [3.63, 3.8) is 0 Å². The van der Waals surface area contributed by atoms with Crippen LogP contribution < -0.4 is 5.32 Å². The van der Waals surface area contributed by atoms with Crippen molar-refractivity contribution in [3.8, 4) is 0 Å². The quantitative estimate of drug-likeness (QED) is 0.792. The highest BCUT2D eigenvalue weighted by molar-refractivity contribution is 5.82. The molecule has 0 aromatic heterocycles. The third-order valence-electron chi connectivity index (χ3n) is 5.01. The van der Waals surface area contributed by atoms with E-state index in [0.29, 0.717) is 17.9 Å². The van der Waals surface area contributed by atoms with E-state index in [1.165, 1.54) is 12.8 Å². The zero-order chi connectivity index (χ0) is 14.4. The average Bonchev–Trinajstić information content (AvgIpc) is 2.21. The molecule has 1 N–H and O–H groups in total. The van der Waals surface area contributed by atoms with Gasteiger partial charge in [0.2, 0.25) is 0 Å². The van der Waals surface area contributed by atoms with Gasteiger partial charge < -0.3 is 5.32 Å². The van der Waals surface area contributed by atoms with Gasteiger partial charge in [-0.25, -0.2) is 0 Å². The van der Waals surface area contributed by atoms with E-state index in [1.54, 1.807) is 0 Å². The maximum absolute atomic E-state index is 11.8. The van der Waals surface area contributed by atoms with Crippen molar-refractivity contribution in [2.75, 3.05) is 6.54 Å². The molecule has 2 rings (SSSR count). The predicted molar refractivity (Wildman–Crippen MR) is 79.3 cm³/mol. The highest BCUT2D eigenvalue weighted by Crippen LogP contribution is 2.35. The molecule has 0 saturated carbocycles. The van der Waals surface area contributed by atoms with Gasteiger partial charge in [-0.1, -0.05) is 6.92 Å². The second-order valence-corrected chi connectivity index (χ2v) is 7.94. The number of hydrogen-bond donors (Lipinski definition) is 1. The fourth-order valence-corrected chi connectivity index (χ4v) is 4.24. The van der Waals surface area contributed by atoms with Gasteiger partial charge in [-0.05, 0) is 47.5 Å². The summed E-state index contributed by atoms with van der Waals surface area (Å²) in [5.41, 5.74) is 0.355. The molecule has 0 aromatic carbocycles. The fraction of sp³-hybridized carbons (Fsp3) is 0.938. The summed E-state index contributed by atoms with van der Waals surface area (Å²) >= 11 is 0. The highest BCUT2D eigenvalue weighted by atomic mass is 16.1. The lowest BCUT2D eigenvalue weighted by atomic mass is 9.77. The second-order valence-electron chi connectivity index (χ2n) is 7.94. The van der Waals surface area contributed by atoms with E-state index in [2.05, 4.69) is 51.8 Å². The molecule has 2 fully saturated rings. The van der Waals surface area contributed by atoms with Gasteiger partial charge in [0.1, 0.15) is 5.78 Å². The number of nitrogens with zero attached hydrogens (tertiary/aromatic N) is 1. The zero-order valence-corrected chi connectivity index (χ0v) is 13.4. The monoisotopic (exact) mass is 266 g/mol. The minimum Gasteiger partial charge on any atom is -0.307 e. The first-order chi connectivity index (χ1) is 8.61. The summed E-state index contributed by atoms with van der Waals surface area (Å²) in [6.07, 6.45) is 3.07. The summed E-state index contributed by atoms with van der Waals surface area (Å²) in [4.78, 5) is 14.4. The molecule has 0 aliphatic carbocycles. The van der Waals surface area contributed by atoms with Gasteiger partial charge in [0, 0.05) is 42.0 Å². The highest BCUT2D eigenvalue weighted by Gasteiger charge is 2.43. The van der Waals surface area contributed by atoms with Crippen LogP contribution in [0.15, 0.2) is 0 Å². The first-order valence-corrected chi connectivity index (χ1v) is 7.69. The zero-order valence-electron chi connectivity index (χ0n) is 13.4. The van der Waals surface area contributed by atoms with Gasteiger partial charge >= 0.3 is 0 Å². The molecule has 110 valence electrons. The Balaban J connectivity index is 2.15.